The van der Waals surface area contributed by atoms with Crippen LogP contribution in [0.15, 0.2) is 42.0 Å². The van der Waals surface area contributed by atoms with E-state index in [4.69, 9.17) is 0 Å². The molecule has 0 bridgehead atoms. The second-order valence-corrected chi connectivity index (χ2v) is 4.27. The second-order valence-electron chi connectivity index (χ2n) is 4.27. The molecule has 1 aromatic rings. The quantitative estimate of drug-likeness (QED) is 0.744. The third-order valence-corrected chi connectivity index (χ3v) is 3.00. The molecule has 1 heteroatoms. The third kappa shape index (κ3) is 3.21. The van der Waals surface area contributed by atoms with E-state index in [1.165, 1.54) is 17.6 Å². The van der Waals surface area contributed by atoms with Crippen LogP contribution in [0, 0.1) is 0 Å². The van der Waals surface area contributed by atoms with Gasteiger partial charge in [-0.2, -0.15) is 0 Å². The number of hydrogen-bond donors (Lipinski definition) is 1. The number of rotatable bonds is 4. The molecule has 1 unspecified atom stereocenters. The summed E-state index contributed by atoms with van der Waals surface area (Å²) in [5, 5.41) is 9.34. The molecule has 2 rings (SSSR count). The monoisotopic (exact) mass is 202 g/mol. The van der Waals surface area contributed by atoms with Gasteiger partial charge in [-0.25, -0.2) is 0 Å². The molecule has 1 aliphatic rings. The molecular formula is C14H18O. The summed E-state index contributed by atoms with van der Waals surface area (Å²) in [5.41, 5.74) is 2.86. The van der Waals surface area contributed by atoms with Gasteiger partial charge in [0.05, 0.1) is 6.10 Å². The average Bonchev–Trinajstić information content (AvgIpc) is 2.66. The molecule has 1 nitrogen and oxygen atoms in total. The van der Waals surface area contributed by atoms with Crippen LogP contribution in [0.5, 0.6) is 0 Å². The number of aliphatic hydroxyl groups excluding tert-OH is 1. The first kappa shape index (κ1) is 10.4. The van der Waals surface area contributed by atoms with Gasteiger partial charge in [-0.05, 0) is 37.7 Å². The van der Waals surface area contributed by atoms with Crippen LogP contribution in [0.2, 0.25) is 0 Å². The molecule has 0 saturated heterocycles. The fraction of sp³-hybridized carbons (Fsp3) is 0.429. The lowest BCUT2D eigenvalue weighted by Gasteiger charge is -2.02. The normalized spacial score (nSPS) is 20.3. The van der Waals surface area contributed by atoms with Gasteiger partial charge in [-0.15, -0.1) is 0 Å². The summed E-state index contributed by atoms with van der Waals surface area (Å²) in [6.07, 6.45) is 7.38. The summed E-state index contributed by atoms with van der Waals surface area (Å²) in [4.78, 5) is 0. The van der Waals surface area contributed by atoms with E-state index in [1.54, 1.807) is 0 Å². The molecule has 0 aromatic heterocycles. The van der Waals surface area contributed by atoms with Crippen LogP contribution in [-0.2, 0) is 6.42 Å². The largest absolute Gasteiger partial charge is 0.389 e. The summed E-state index contributed by atoms with van der Waals surface area (Å²) in [7, 11) is 0. The lowest BCUT2D eigenvalue weighted by molar-refractivity contribution is 0.223. The van der Waals surface area contributed by atoms with Gasteiger partial charge in [0.1, 0.15) is 0 Å². The van der Waals surface area contributed by atoms with Crippen LogP contribution in [0.3, 0.4) is 0 Å². The predicted molar refractivity (Wildman–Crippen MR) is 62.7 cm³/mol. The maximum Gasteiger partial charge on any atom is 0.0726 e. The Labute approximate surface area is 91.4 Å². The van der Waals surface area contributed by atoms with Crippen LogP contribution in [-0.4, -0.2) is 11.2 Å². The summed E-state index contributed by atoms with van der Waals surface area (Å²) in [6.45, 7) is 0. The highest BCUT2D eigenvalue weighted by atomic mass is 16.3. The molecule has 15 heavy (non-hydrogen) atoms. The highest BCUT2D eigenvalue weighted by molar-refractivity contribution is 5.16. The first-order chi connectivity index (χ1) is 7.34. The van der Waals surface area contributed by atoms with Crippen molar-refractivity contribution >= 4 is 0 Å². The molecule has 1 atom stereocenters. The Hall–Kier alpha value is -1.08. The van der Waals surface area contributed by atoms with Crippen molar-refractivity contribution in [2.24, 2.45) is 0 Å². The summed E-state index contributed by atoms with van der Waals surface area (Å²) < 4.78 is 0. The fourth-order valence-corrected chi connectivity index (χ4v) is 2.14. The Morgan fingerprint density at radius 1 is 1.13 bits per heavy atom. The van der Waals surface area contributed by atoms with Crippen molar-refractivity contribution in [2.45, 2.75) is 38.2 Å². The van der Waals surface area contributed by atoms with Gasteiger partial charge in [0.25, 0.3) is 0 Å². The summed E-state index contributed by atoms with van der Waals surface area (Å²) >= 11 is 0. The first-order valence-electron chi connectivity index (χ1n) is 5.76. The molecule has 80 valence electrons. The van der Waals surface area contributed by atoms with Gasteiger partial charge in [-0.1, -0.05) is 42.0 Å². The van der Waals surface area contributed by atoms with Crippen LogP contribution >= 0.6 is 0 Å². The Kier molecular flexibility index (Phi) is 3.57. The molecule has 0 radical (unpaired) electrons. The topological polar surface area (TPSA) is 20.2 Å². The van der Waals surface area contributed by atoms with Crippen LogP contribution in [0.25, 0.3) is 0 Å². The number of aryl methyl sites for hydroxylation is 1. The highest BCUT2D eigenvalue weighted by Crippen LogP contribution is 2.23. The molecule has 1 N–H and O–H groups in total. The number of aliphatic hydroxyl groups is 1. The SMILES string of the molecule is OC1C=C(CCCc2ccccc2)CC1. The second kappa shape index (κ2) is 5.13. The highest BCUT2D eigenvalue weighted by Gasteiger charge is 2.11. The van der Waals surface area contributed by atoms with Crippen molar-refractivity contribution in [3.63, 3.8) is 0 Å². The lowest BCUT2D eigenvalue weighted by atomic mass is 10.0. The van der Waals surface area contributed by atoms with Gasteiger partial charge in [0.15, 0.2) is 0 Å². The number of benzene rings is 1. The van der Waals surface area contributed by atoms with E-state index in [0.29, 0.717) is 0 Å². The van der Waals surface area contributed by atoms with Gasteiger partial charge in [-0.3, -0.25) is 0 Å². The molecule has 0 aliphatic heterocycles. The zero-order valence-electron chi connectivity index (χ0n) is 9.02. The molecule has 0 heterocycles. The predicted octanol–water partition coefficient (Wildman–Crippen LogP) is 3.09. The van der Waals surface area contributed by atoms with Gasteiger partial charge in [0, 0.05) is 0 Å². The van der Waals surface area contributed by atoms with E-state index < -0.39 is 0 Å². The van der Waals surface area contributed by atoms with Crippen molar-refractivity contribution in [3.05, 3.63) is 47.5 Å². The van der Waals surface area contributed by atoms with Crippen LogP contribution < -0.4 is 0 Å². The molecule has 1 aliphatic carbocycles. The molecular weight excluding hydrogens is 184 g/mol. The standard InChI is InChI=1S/C14H18O/c15-14-10-9-13(11-14)8-4-7-12-5-2-1-3-6-12/h1-3,5-6,11,14-15H,4,7-10H2. The van der Waals surface area contributed by atoms with Crippen molar-refractivity contribution in [3.8, 4) is 0 Å². The van der Waals surface area contributed by atoms with Crippen molar-refractivity contribution in [2.75, 3.05) is 0 Å². The van der Waals surface area contributed by atoms with Gasteiger partial charge < -0.3 is 5.11 Å². The minimum Gasteiger partial charge on any atom is -0.389 e. The summed E-state index contributed by atoms with van der Waals surface area (Å²) in [5.74, 6) is 0. The van der Waals surface area contributed by atoms with Crippen molar-refractivity contribution in [1.82, 2.24) is 0 Å². The summed E-state index contributed by atoms with van der Waals surface area (Å²) in [6, 6.07) is 10.6. The zero-order valence-corrected chi connectivity index (χ0v) is 9.02. The van der Waals surface area contributed by atoms with E-state index in [0.717, 1.165) is 25.7 Å². The third-order valence-electron chi connectivity index (χ3n) is 3.00. The Balaban J connectivity index is 1.74. The number of allylic oxidation sites excluding steroid dienone is 1. The zero-order chi connectivity index (χ0) is 10.5. The van der Waals surface area contributed by atoms with Gasteiger partial charge in [0.2, 0.25) is 0 Å². The van der Waals surface area contributed by atoms with E-state index in [-0.39, 0.29) is 6.10 Å². The first-order valence-corrected chi connectivity index (χ1v) is 5.76. The molecule has 1 aromatic carbocycles. The minimum absolute atomic E-state index is 0.170. The Bertz CT molecular complexity index is 326. The molecule has 0 saturated carbocycles. The molecule has 0 spiro atoms. The maximum absolute atomic E-state index is 9.34. The van der Waals surface area contributed by atoms with E-state index in [9.17, 15) is 5.11 Å². The van der Waals surface area contributed by atoms with E-state index in [1.807, 2.05) is 6.08 Å². The lowest BCUT2D eigenvalue weighted by Crippen LogP contribution is -1.93. The van der Waals surface area contributed by atoms with Crippen LogP contribution in [0.4, 0.5) is 0 Å². The average molecular weight is 202 g/mol. The van der Waals surface area contributed by atoms with Gasteiger partial charge >= 0.3 is 0 Å². The van der Waals surface area contributed by atoms with E-state index in [2.05, 4.69) is 30.3 Å². The Morgan fingerprint density at radius 3 is 2.60 bits per heavy atom. The fourth-order valence-electron chi connectivity index (χ4n) is 2.14. The molecule has 0 amide bonds. The Morgan fingerprint density at radius 2 is 1.93 bits per heavy atom. The van der Waals surface area contributed by atoms with E-state index >= 15 is 0 Å². The van der Waals surface area contributed by atoms with Crippen molar-refractivity contribution < 1.29 is 5.11 Å². The van der Waals surface area contributed by atoms with Crippen molar-refractivity contribution in [1.29, 1.82) is 0 Å². The van der Waals surface area contributed by atoms with Crippen LogP contribution in [0.1, 0.15) is 31.2 Å². The minimum atomic E-state index is -0.170. The molecule has 0 fully saturated rings. The maximum atomic E-state index is 9.34. The smallest absolute Gasteiger partial charge is 0.0726 e. The number of hydrogen-bond acceptors (Lipinski definition) is 1.